The second-order valence-electron chi connectivity index (χ2n) is 6.32. The van der Waals surface area contributed by atoms with Gasteiger partial charge in [-0.1, -0.05) is 0 Å². The van der Waals surface area contributed by atoms with Crippen molar-refractivity contribution in [3.05, 3.63) is 78.0 Å². The van der Waals surface area contributed by atoms with Crippen molar-refractivity contribution < 1.29 is 36.3 Å². The van der Waals surface area contributed by atoms with Crippen LogP contribution in [0.3, 0.4) is 0 Å². The third-order valence-corrected chi connectivity index (χ3v) is 4.05. The summed E-state index contributed by atoms with van der Waals surface area (Å²) in [5, 5.41) is 4.53. The topological polar surface area (TPSA) is 80.6 Å². The molecule has 0 bridgehead atoms. The molecular formula is C21H16F4N2O4. The van der Waals surface area contributed by atoms with Crippen LogP contribution in [-0.2, 0) is 11.0 Å². The SMILES string of the molecule is O=C(CCOc1ccc(F)cc1)Nc1ccc(NC(=O)c2ccoc2)cc1C(F)(F)F. The fraction of sp³-hybridized carbons (Fsp3) is 0.143. The monoisotopic (exact) mass is 436 g/mol. The Kier molecular flexibility index (Phi) is 6.58. The molecule has 2 amide bonds. The van der Waals surface area contributed by atoms with Crippen molar-refractivity contribution in [2.24, 2.45) is 0 Å². The summed E-state index contributed by atoms with van der Waals surface area (Å²) in [5.41, 5.74) is -1.53. The predicted molar refractivity (Wildman–Crippen MR) is 103 cm³/mol. The number of nitrogens with one attached hydrogen (secondary N) is 2. The first kappa shape index (κ1) is 21.9. The summed E-state index contributed by atoms with van der Waals surface area (Å²) in [6, 6.07) is 9.46. The third kappa shape index (κ3) is 6.08. The lowest BCUT2D eigenvalue weighted by Gasteiger charge is -2.16. The number of benzene rings is 2. The van der Waals surface area contributed by atoms with Crippen molar-refractivity contribution in [3.8, 4) is 5.75 Å². The zero-order valence-electron chi connectivity index (χ0n) is 15.8. The summed E-state index contributed by atoms with van der Waals surface area (Å²) in [5.74, 6) is -1.48. The van der Waals surface area contributed by atoms with Crippen LogP contribution in [0.5, 0.6) is 5.75 Å². The zero-order valence-corrected chi connectivity index (χ0v) is 15.8. The van der Waals surface area contributed by atoms with Crippen LogP contribution in [0, 0.1) is 5.82 Å². The van der Waals surface area contributed by atoms with E-state index >= 15 is 0 Å². The highest BCUT2D eigenvalue weighted by Gasteiger charge is 2.34. The number of anilines is 2. The Morgan fingerprint density at radius 1 is 1.00 bits per heavy atom. The molecule has 0 aliphatic carbocycles. The Balaban J connectivity index is 1.64. The van der Waals surface area contributed by atoms with Crippen LogP contribution < -0.4 is 15.4 Å². The third-order valence-electron chi connectivity index (χ3n) is 4.05. The van der Waals surface area contributed by atoms with E-state index in [0.29, 0.717) is 5.75 Å². The first-order valence-electron chi connectivity index (χ1n) is 8.95. The molecule has 0 aliphatic rings. The number of hydrogen-bond acceptors (Lipinski definition) is 4. The van der Waals surface area contributed by atoms with E-state index in [4.69, 9.17) is 9.15 Å². The van der Waals surface area contributed by atoms with Gasteiger partial charge in [-0.3, -0.25) is 9.59 Å². The minimum Gasteiger partial charge on any atom is -0.493 e. The van der Waals surface area contributed by atoms with E-state index < -0.39 is 35.1 Å². The summed E-state index contributed by atoms with van der Waals surface area (Å²) in [7, 11) is 0. The summed E-state index contributed by atoms with van der Waals surface area (Å²) in [6.45, 7) is -0.113. The Bertz CT molecular complexity index is 1050. The molecule has 0 radical (unpaired) electrons. The van der Waals surface area contributed by atoms with Gasteiger partial charge in [0.2, 0.25) is 5.91 Å². The van der Waals surface area contributed by atoms with Crippen molar-refractivity contribution in [2.75, 3.05) is 17.2 Å². The van der Waals surface area contributed by atoms with E-state index in [1.165, 1.54) is 42.7 Å². The molecule has 0 unspecified atom stereocenters. The van der Waals surface area contributed by atoms with Gasteiger partial charge in [-0.25, -0.2) is 4.39 Å². The van der Waals surface area contributed by atoms with Crippen LogP contribution in [0.1, 0.15) is 22.3 Å². The standard InChI is InChI=1S/C21H16F4N2O4/c22-14-1-4-16(5-2-14)31-10-8-19(28)27-18-6-3-15(11-17(18)21(23,24)25)26-20(29)13-7-9-30-12-13/h1-7,9,11-12H,8,10H2,(H,26,29)(H,27,28). The van der Waals surface area contributed by atoms with Gasteiger partial charge in [-0.2, -0.15) is 13.2 Å². The maximum absolute atomic E-state index is 13.5. The Morgan fingerprint density at radius 3 is 2.39 bits per heavy atom. The molecule has 2 N–H and O–H groups in total. The van der Waals surface area contributed by atoms with Gasteiger partial charge in [-0.15, -0.1) is 0 Å². The number of alkyl halides is 3. The van der Waals surface area contributed by atoms with E-state index in [-0.39, 0.29) is 24.3 Å². The molecule has 2 aromatic carbocycles. The van der Waals surface area contributed by atoms with Gasteiger partial charge in [0.1, 0.15) is 17.8 Å². The summed E-state index contributed by atoms with van der Waals surface area (Å²) in [6.07, 6.45) is -2.59. The molecule has 0 saturated carbocycles. The van der Waals surface area contributed by atoms with Gasteiger partial charge >= 0.3 is 6.18 Å². The molecule has 0 aliphatic heterocycles. The average molecular weight is 436 g/mol. The number of carbonyl (C=O) groups is 2. The van der Waals surface area contributed by atoms with Gasteiger partial charge in [0.05, 0.1) is 36.1 Å². The fourth-order valence-corrected chi connectivity index (χ4v) is 2.57. The van der Waals surface area contributed by atoms with E-state index in [9.17, 15) is 27.2 Å². The number of rotatable bonds is 7. The number of furan rings is 1. The maximum Gasteiger partial charge on any atom is 0.418 e. The van der Waals surface area contributed by atoms with Crippen molar-refractivity contribution in [2.45, 2.75) is 12.6 Å². The molecule has 0 spiro atoms. The second kappa shape index (κ2) is 9.33. The first-order chi connectivity index (χ1) is 14.7. The number of amides is 2. The Morgan fingerprint density at radius 2 is 1.74 bits per heavy atom. The largest absolute Gasteiger partial charge is 0.493 e. The summed E-state index contributed by atoms with van der Waals surface area (Å²) >= 11 is 0. The van der Waals surface area contributed by atoms with Crippen molar-refractivity contribution in [1.82, 2.24) is 0 Å². The number of ether oxygens (including phenoxy) is 1. The molecule has 1 aromatic heterocycles. The van der Waals surface area contributed by atoms with Crippen LogP contribution in [0.15, 0.2) is 65.5 Å². The van der Waals surface area contributed by atoms with E-state index in [2.05, 4.69) is 10.6 Å². The van der Waals surface area contributed by atoms with Gasteiger partial charge in [0.15, 0.2) is 0 Å². The van der Waals surface area contributed by atoms with Crippen LogP contribution in [0.2, 0.25) is 0 Å². The molecule has 3 aromatic rings. The van der Waals surface area contributed by atoms with Crippen LogP contribution in [-0.4, -0.2) is 18.4 Å². The lowest BCUT2D eigenvalue weighted by molar-refractivity contribution is -0.136. The lowest BCUT2D eigenvalue weighted by Crippen LogP contribution is -2.19. The fourth-order valence-electron chi connectivity index (χ4n) is 2.57. The van der Waals surface area contributed by atoms with Gasteiger partial charge < -0.3 is 19.8 Å². The number of hydrogen-bond donors (Lipinski definition) is 2. The van der Waals surface area contributed by atoms with Crippen LogP contribution >= 0.6 is 0 Å². The van der Waals surface area contributed by atoms with Crippen LogP contribution in [0.4, 0.5) is 28.9 Å². The molecule has 31 heavy (non-hydrogen) atoms. The molecular weight excluding hydrogens is 420 g/mol. The van der Waals surface area contributed by atoms with Crippen molar-refractivity contribution >= 4 is 23.2 Å². The van der Waals surface area contributed by atoms with Crippen LogP contribution in [0.25, 0.3) is 0 Å². The molecule has 162 valence electrons. The number of carbonyl (C=O) groups excluding carboxylic acids is 2. The smallest absolute Gasteiger partial charge is 0.418 e. The highest BCUT2D eigenvalue weighted by atomic mass is 19.4. The Hall–Kier alpha value is -3.82. The van der Waals surface area contributed by atoms with E-state index in [0.717, 1.165) is 18.4 Å². The highest BCUT2D eigenvalue weighted by molar-refractivity contribution is 6.04. The second-order valence-corrected chi connectivity index (χ2v) is 6.32. The normalized spacial score (nSPS) is 11.1. The van der Waals surface area contributed by atoms with Gasteiger partial charge in [0, 0.05) is 5.69 Å². The van der Waals surface area contributed by atoms with Crippen molar-refractivity contribution in [3.63, 3.8) is 0 Å². The summed E-state index contributed by atoms with van der Waals surface area (Å²) < 4.78 is 63.3. The zero-order chi connectivity index (χ0) is 22.4. The molecule has 0 saturated heterocycles. The molecule has 6 nitrogen and oxygen atoms in total. The summed E-state index contributed by atoms with van der Waals surface area (Å²) in [4.78, 5) is 24.1. The lowest BCUT2D eigenvalue weighted by atomic mass is 10.1. The minimum atomic E-state index is -4.77. The maximum atomic E-state index is 13.5. The van der Waals surface area contributed by atoms with E-state index in [1.54, 1.807) is 0 Å². The first-order valence-corrected chi connectivity index (χ1v) is 8.95. The van der Waals surface area contributed by atoms with E-state index in [1.807, 2.05) is 0 Å². The van der Waals surface area contributed by atoms with Crippen molar-refractivity contribution in [1.29, 1.82) is 0 Å². The number of halogens is 4. The quantitative estimate of drug-likeness (QED) is 0.505. The molecule has 0 fully saturated rings. The molecule has 10 heteroatoms. The predicted octanol–water partition coefficient (Wildman–Crippen LogP) is 5.10. The Labute approximate surface area is 173 Å². The minimum absolute atomic E-state index is 0.101. The average Bonchev–Trinajstić information content (AvgIpc) is 3.25. The highest BCUT2D eigenvalue weighted by Crippen LogP contribution is 2.36. The molecule has 1 heterocycles. The molecule has 0 atom stereocenters. The molecule has 3 rings (SSSR count). The van der Waals surface area contributed by atoms with Gasteiger partial charge in [0.25, 0.3) is 5.91 Å². The van der Waals surface area contributed by atoms with Gasteiger partial charge in [-0.05, 0) is 48.5 Å².